The number of carbonyl (C=O) groups excluding carboxylic acids is 2. The highest BCUT2D eigenvalue weighted by molar-refractivity contribution is 5.71. The summed E-state index contributed by atoms with van der Waals surface area (Å²) in [5, 5.41) is 9.73. The van der Waals surface area contributed by atoms with Gasteiger partial charge in [-0.15, -0.1) is 0 Å². The molecule has 0 fully saturated rings. The second-order valence-corrected chi connectivity index (χ2v) is 25.2. The Bertz CT molecular complexity index is 1550. The maximum absolute atomic E-state index is 12.9. The number of hydrogen-bond acceptors (Lipinski definition) is 7. The molecule has 1 N–H and O–H groups in total. The predicted octanol–water partition coefficient (Wildman–Crippen LogP) is 21.9. The molecule has 0 aromatic heterocycles. The molecule has 0 bridgehead atoms. The molecule has 0 amide bonds. The van der Waals surface area contributed by atoms with Gasteiger partial charge in [0.1, 0.15) is 13.2 Å². The molecule has 0 aliphatic heterocycles. The fourth-order valence-corrected chi connectivity index (χ4v) is 10.4. The smallest absolute Gasteiger partial charge is 0.361 e. The third-order valence-corrected chi connectivity index (χ3v) is 15.8. The minimum Gasteiger partial charge on any atom is -0.477 e. The third-order valence-electron chi connectivity index (χ3n) is 15.8. The van der Waals surface area contributed by atoms with Crippen LogP contribution >= 0.6 is 0 Å². The van der Waals surface area contributed by atoms with Crippen LogP contribution in [0.4, 0.5) is 0 Å². The van der Waals surface area contributed by atoms with Gasteiger partial charge >= 0.3 is 17.9 Å². The monoisotopic (exact) mass is 1170 g/mol. The summed E-state index contributed by atoms with van der Waals surface area (Å²) in [6, 6.07) is 0. The second kappa shape index (κ2) is 65.0. The van der Waals surface area contributed by atoms with Crippen molar-refractivity contribution in [1.29, 1.82) is 0 Å². The van der Waals surface area contributed by atoms with E-state index in [9.17, 15) is 19.5 Å². The van der Waals surface area contributed by atoms with Crippen LogP contribution in [0.15, 0.2) is 60.8 Å². The number of hydrogen-bond donors (Lipinski definition) is 1. The molecule has 0 heterocycles. The maximum atomic E-state index is 12.9. The lowest BCUT2D eigenvalue weighted by Crippen LogP contribution is -2.40. The molecule has 9 heteroatoms. The van der Waals surface area contributed by atoms with E-state index in [4.69, 9.17) is 18.9 Å². The standard InChI is InChI=1S/C74H135NO8/c1-6-8-10-12-14-16-18-20-22-24-26-27-28-29-30-31-32-33-34-35-36-37-38-39-40-41-42-43-44-45-47-48-50-52-54-56-58-60-62-64-71(76)81-68-70(69-82-74(73(78)79)80-67-66-75(3,4)5)83-72(77)65-63-61-59-57-55-53-51-49-46-25-23-21-19-17-15-13-11-9-7-2/h9,11,15,17,21,23-24,26,46,49,70,74H,6-8,10,12-14,16,18-20,22,25,27-45,47-48,50-69H2,1-5H3/p+1/b11-9-,17-15-,23-21-,26-24-,49-46-. The third kappa shape index (κ3) is 66.4. The van der Waals surface area contributed by atoms with Crippen molar-refractivity contribution < 1.29 is 42.9 Å². The first-order chi connectivity index (χ1) is 40.6. The molecule has 0 aromatic rings. The number of carboxylic acid groups (broad SMARTS) is 1. The van der Waals surface area contributed by atoms with Crippen LogP contribution in [0.5, 0.6) is 0 Å². The molecule has 0 aliphatic rings. The van der Waals surface area contributed by atoms with Crippen LogP contribution in [0.3, 0.4) is 0 Å². The number of carboxylic acids is 1. The molecule has 0 saturated heterocycles. The number of ether oxygens (including phenoxy) is 4. The van der Waals surface area contributed by atoms with Gasteiger partial charge < -0.3 is 28.5 Å². The van der Waals surface area contributed by atoms with Crippen molar-refractivity contribution >= 4 is 17.9 Å². The molecular weight excluding hydrogens is 1030 g/mol. The van der Waals surface area contributed by atoms with Gasteiger partial charge in [0.2, 0.25) is 0 Å². The number of quaternary nitrogens is 1. The van der Waals surface area contributed by atoms with Crippen LogP contribution in [0.25, 0.3) is 0 Å². The molecule has 9 nitrogen and oxygen atoms in total. The SMILES string of the molecule is CC/C=C\C/C=C\C/C=C\C/C=C\CCCCCCCCC(=O)OC(COC(=O)CCCCCCCCCCCCCCCCCCCCCCCCCCCCC/C=C\CCCCCCCCCC)COC(OCC[N+](C)(C)C)C(=O)O. The predicted molar refractivity (Wildman–Crippen MR) is 355 cm³/mol. The normalized spacial score (nSPS) is 13.0. The molecule has 0 saturated carbocycles. The first kappa shape index (κ1) is 80.0. The van der Waals surface area contributed by atoms with Gasteiger partial charge in [0.15, 0.2) is 6.10 Å². The Morgan fingerprint density at radius 1 is 0.373 bits per heavy atom. The number of carbonyl (C=O) groups is 3. The Morgan fingerprint density at radius 3 is 1.04 bits per heavy atom. The van der Waals surface area contributed by atoms with Gasteiger partial charge in [-0.3, -0.25) is 9.59 Å². The number of allylic oxidation sites excluding steroid dienone is 10. The molecule has 0 aliphatic carbocycles. The highest BCUT2D eigenvalue weighted by atomic mass is 16.7. The summed E-state index contributed by atoms with van der Waals surface area (Å²) in [5.41, 5.74) is 0. The number of unbranched alkanes of at least 4 members (excludes halogenated alkanes) is 41. The quantitative estimate of drug-likeness (QED) is 0.0211. The van der Waals surface area contributed by atoms with Crippen LogP contribution in [-0.4, -0.2) is 87.4 Å². The zero-order chi connectivity index (χ0) is 60.5. The van der Waals surface area contributed by atoms with Crippen LogP contribution < -0.4 is 0 Å². The molecule has 83 heavy (non-hydrogen) atoms. The van der Waals surface area contributed by atoms with Crippen molar-refractivity contribution in [2.24, 2.45) is 0 Å². The summed E-state index contributed by atoms with van der Waals surface area (Å²) in [7, 11) is 5.97. The second-order valence-electron chi connectivity index (χ2n) is 25.2. The van der Waals surface area contributed by atoms with Gasteiger partial charge in [0.25, 0.3) is 6.29 Å². The van der Waals surface area contributed by atoms with E-state index >= 15 is 0 Å². The first-order valence-electron chi connectivity index (χ1n) is 35.5. The van der Waals surface area contributed by atoms with Crippen molar-refractivity contribution in [3.05, 3.63) is 60.8 Å². The van der Waals surface area contributed by atoms with Crippen LogP contribution in [0.2, 0.25) is 0 Å². The lowest BCUT2D eigenvalue weighted by molar-refractivity contribution is -0.870. The van der Waals surface area contributed by atoms with Gasteiger partial charge in [0.05, 0.1) is 34.4 Å². The Labute approximate surface area is 514 Å². The molecule has 0 spiro atoms. The van der Waals surface area contributed by atoms with Crippen molar-refractivity contribution in [3.8, 4) is 0 Å². The number of rotatable bonds is 66. The number of likely N-dealkylation sites (N-methyl/N-ethyl adjacent to an activating group) is 1. The van der Waals surface area contributed by atoms with Gasteiger partial charge in [-0.05, 0) is 77.0 Å². The van der Waals surface area contributed by atoms with E-state index in [0.717, 1.165) is 83.5 Å². The summed E-state index contributed by atoms with van der Waals surface area (Å²) >= 11 is 0. The van der Waals surface area contributed by atoms with E-state index in [1.807, 2.05) is 21.1 Å². The number of esters is 2. The van der Waals surface area contributed by atoms with Crippen molar-refractivity contribution in [1.82, 2.24) is 0 Å². The summed E-state index contributed by atoms with van der Waals surface area (Å²) in [4.78, 5) is 37.5. The van der Waals surface area contributed by atoms with Crippen molar-refractivity contribution in [2.45, 2.75) is 347 Å². The average molecular weight is 1170 g/mol. The Hall–Kier alpha value is -3.01. The average Bonchev–Trinajstić information content (AvgIpc) is 3.46. The molecule has 0 rings (SSSR count). The van der Waals surface area contributed by atoms with Crippen LogP contribution in [0, 0.1) is 0 Å². The van der Waals surface area contributed by atoms with E-state index in [1.165, 1.54) is 218 Å². The minimum atomic E-state index is -1.52. The van der Waals surface area contributed by atoms with E-state index in [1.54, 1.807) is 0 Å². The molecule has 0 aromatic carbocycles. The molecule has 2 unspecified atom stereocenters. The minimum absolute atomic E-state index is 0.184. The molecule has 484 valence electrons. The number of nitrogens with zero attached hydrogens (tertiary/aromatic N) is 1. The highest BCUT2D eigenvalue weighted by Gasteiger charge is 2.25. The Morgan fingerprint density at radius 2 is 0.687 bits per heavy atom. The van der Waals surface area contributed by atoms with Crippen LogP contribution in [-0.2, 0) is 33.3 Å². The number of aliphatic carboxylic acids is 1. The van der Waals surface area contributed by atoms with Crippen molar-refractivity contribution in [2.75, 3.05) is 47.5 Å². The molecule has 2 atom stereocenters. The summed E-state index contributed by atoms with van der Waals surface area (Å²) in [6.45, 7) is 4.79. The lowest BCUT2D eigenvalue weighted by atomic mass is 10.0. The van der Waals surface area contributed by atoms with Gasteiger partial charge in [-0.25, -0.2) is 4.79 Å². The topological polar surface area (TPSA) is 108 Å². The largest absolute Gasteiger partial charge is 0.477 e. The maximum Gasteiger partial charge on any atom is 0.361 e. The van der Waals surface area contributed by atoms with E-state index in [0.29, 0.717) is 23.9 Å². The van der Waals surface area contributed by atoms with E-state index in [-0.39, 0.29) is 32.2 Å². The summed E-state index contributed by atoms with van der Waals surface area (Å²) < 4.78 is 22.9. The zero-order valence-corrected chi connectivity index (χ0v) is 55.4. The van der Waals surface area contributed by atoms with Gasteiger partial charge in [-0.2, -0.15) is 0 Å². The summed E-state index contributed by atoms with van der Waals surface area (Å²) in [6.07, 6.45) is 82.2. The molecular formula is C74H136NO8+. The fraction of sp³-hybridized carbons (Fsp3) is 0.824. The Kier molecular flexibility index (Phi) is 62.6. The lowest BCUT2D eigenvalue weighted by Gasteiger charge is -2.25. The molecule has 0 radical (unpaired) electrons. The van der Waals surface area contributed by atoms with E-state index in [2.05, 4.69) is 74.6 Å². The van der Waals surface area contributed by atoms with Gasteiger partial charge in [0, 0.05) is 12.8 Å². The highest BCUT2D eigenvalue weighted by Crippen LogP contribution is 2.18. The Balaban J connectivity index is 3.96. The van der Waals surface area contributed by atoms with Gasteiger partial charge in [-0.1, -0.05) is 306 Å². The summed E-state index contributed by atoms with van der Waals surface area (Å²) in [5.74, 6) is -2.01. The zero-order valence-electron chi connectivity index (χ0n) is 55.4. The first-order valence-corrected chi connectivity index (χ1v) is 35.5. The van der Waals surface area contributed by atoms with Crippen molar-refractivity contribution in [3.63, 3.8) is 0 Å². The van der Waals surface area contributed by atoms with E-state index < -0.39 is 24.3 Å². The van der Waals surface area contributed by atoms with Crippen LogP contribution in [0.1, 0.15) is 335 Å². The fourth-order valence-electron chi connectivity index (χ4n) is 10.4.